The Hall–Kier alpha value is -1.32. The highest BCUT2D eigenvalue weighted by molar-refractivity contribution is 7.98. The van der Waals surface area contributed by atoms with Crippen LogP contribution in [0.15, 0.2) is 47.4 Å². The molecule has 2 aromatic carbocycles. The Morgan fingerprint density at radius 3 is 2.67 bits per heavy atom. The van der Waals surface area contributed by atoms with Crippen molar-refractivity contribution in [2.24, 2.45) is 5.73 Å². The molecule has 2 rings (SSSR count). The lowest BCUT2D eigenvalue weighted by Gasteiger charge is -2.06. The molecule has 2 aromatic rings. The van der Waals surface area contributed by atoms with Gasteiger partial charge in [0.2, 0.25) is 0 Å². The first-order chi connectivity index (χ1) is 8.69. The van der Waals surface area contributed by atoms with E-state index in [4.69, 9.17) is 5.73 Å². The van der Waals surface area contributed by atoms with Gasteiger partial charge in [-0.15, -0.1) is 11.8 Å². The Morgan fingerprint density at radius 1 is 1.17 bits per heavy atom. The van der Waals surface area contributed by atoms with Crippen LogP contribution in [0.2, 0.25) is 0 Å². The third-order valence-electron chi connectivity index (χ3n) is 2.74. The van der Waals surface area contributed by atoms with Crippen LogP contribution in [-0.4, -0.2) is 0 Å². The van der Waals surface area contributed by atoms with Gasteiger partial charge in [0.15, 0.2) is 0 Å². The molecule has 18 heavy (non-hydrogen) atoms. The van der Waals surface area contributed by atoms with Gasteiger partial charge in [0.1, 0.15) is 5.82 Å². The van der Waals surface area contributed by atoms with Crippen LogP contribution < -0.4 is 5.73 Å². The molecule has 2 N–H and O–H groups in total. The molecule has 0 saturated carbocycles. The van der Waals surface area contributed by atoms with Gasteiger partial charge < -0.3 is 5.73 Å². The molecule has 0 saturated heterocycles. The van der Waals surface area contributed by atoms with Gasteiger partial charge in [0.05, 0.1) is 0 Å². The van der Waals surface area contributed by atoms with E-state index in [0.29, 0.717) is 12.3 Å². The van der Waals surface area contributed by atoms with Gasteiger partial charge >= 0.3 is 0 Å². The van der Waals surface area contributed by atoms with Crippen molar-refractivity contribution in [1.29, 1.82) is 0 Å². The van der Waals surface area contributed by atoms with Gasteiger partial charge in [-0.2, -0.15) is 0 Å². The molecule has 0 aromatic heterocycles. The number of rotatable bonds is 4. The van der Waals surface area contributed by atoms with Crippen molar-refractivity contribution in [3.8, 4) is 0 Å². The van der Waals surface area contributed by atoms with E-state index in [9.17, 15) is 4.39 Å². The van der Waals surface area contributed by atoms with Crippen LogP contribution in [0.4, 0.5) is 4.39 Å². The van der Waals surface area contributed by atoms with Crippen molar-refractivity contribution < 1.29 is 4.39 Å². The maximum atomic E-state index is 13.8. The lowest BCUT2D eigenvalue weighted by atomic mass is 10.1. The topological polar surface area (TPSA) is 26.0 Å². The lowest BCUT2D eigenvalue weighted by molar-refractivity contribution is 0.615. The molecule has 0 atom stereocenters. The second-order valence-electron chi connectivity index (χ2n) is 4.24. The molecule has 3 heteroatoms. The number of halogens is 1. The van der Waals surface area contributed by atoms with Crippen molar-refractivity contribution in [2.45, 2.75) is 24.1 Å². The summed E-state index contributed by atoms with van der Waals surface area (Å²) in [5.74, 6) is 0.471. The molecule has 0 heterocycles. The first kappa shape index (κ1) is 13.1. The van der Waals surface area contributed by atoms with E-state index in [-0.39, 0.29) is 5.82 Å². The fourth-order valence-electron chi connectivity index (χ4n) is 1.70. The molecule has 0 aliphatic heterocycles. The van der Waals surface area contributed by atoms with Gasteiger partial charge in [-0.3, -0.25) is 0 Å². The Morgan fingerprint density at radius 2 is 2.00 bits per heavy atom. The zero-order valence-corrected chi connectivity index (χ0v) is 11.1. The van der Waals surface area contributed by atoms with Crippen LogP contribution >= 0.6 is 11.8 Å². The van der Waals surface area contributed by atoms with Gasteiger partial charge in [0.25, 0.3) is 0 Å². The molecule has 0 spiro atoms. The monoisotopic (exact) mass is 261 g/mol. The summed E-state index contributed by atoms with van der Waals surface area (Å²) in [5, 5.41) is 0. The summed E-state index contributed by atoms with van der Waals surface area (Å²) in [6, 6.07) is 13.5. The van der Waals surface area contributed by atoms with Crippen molar-refractivity contribution in [3.05, 3.63) is 65.0 Å². The number of hydrogen-bond donors (Lipinski definition) is 1. The predicted octanol–water partition coefficient (Wildman–Crippen LogP) is 3.89. The lowest BCUT2D eigenvalue weighted by Crippen LogP contribution is -1.98. The second-order valence-corrected chi connectivity index (χ2v) is 5.28. The van der Waals surface area contributed by atoms with Crippen LogP contribution in [-0.2, 0) is 12.3 Å². The van der Waals surface area contributed by atoms with E-state index in [0.717, 1.165) is 16.0 Å². The summed E-state index contributed by atoms with van der Waals surface area (Å²) in [6.45, 7) is 2.43. The van der Waals surface area contributed by atoms with Crippen molar-refractivity contribution >= 4 is 11.8 Å². The maximum Gasteiger partial charge on any atom is 0.127 e. The van der Waals surface area contributed by atoms with Gasteiger partial charge in [-0.25, -0.2) is 4.39 Å². The van der Waals surface area contributed by atoms with Crippen molar-refractivity contribution in [1.82, 2.24) is 0 Å². The van der Waals surface area contributed by atoms with Crippen molar-refractivity contribution in [2.75, 3.05) is 0 Å². The van der Waals surface area contributed by atoms with E-state index in [2.05, 4.69) is 19.1 Å². The molecule has 0 bridgehead atoms. The highest BCUT2D eigenvalue weighted by atomic mass is 32.2. The SMILES string of the molecule is Cc1cccc(SCc2ccc(CN)cc2F)c1. The molecule has 94 valence electrons. The Balaban J connectivity index is 2.06. The van der Waals surface area contributed by atoms with Crippen LogP contribution in [0.1, 0.15) is 16.7 Å². The summed E-state index contributed by atoms with van der Waals surface area (Å²) >= 11 is 1.64. The summed E-state index contributed by atoms with van der Waals surface area (Å²) < 4.78 is 13.8. The summed E-state index contributed by atoms with van der Waals surface area (Å²) in [5.41, 5.74) is 8.25. The second kappa shape index (κ2) is 6.03. The predicted molar refractivity (Wildman–Crippen MR) is 75.0 cm³/mol. The largest absolute Gasteiger partial charge is 0.326 e. The van der Waals surface area contributed by atoms with Gasteiger partial charge in [-0.1, -0.05) is 29.8 Å². The Kier molecular flexibility index (Phi) is 4.39. The molecule has 0 aliphatic carbocycles. The van der Waals surface area contributed by atoms with Crippen LogP contribution in [0.25, 0.3) is 0 Å². The maximum absolute atomic E-state index is 13.8. The van der Waals surface area contributed by atoms with E-state index in [1.54, 1.807) is 11.8 Å². The third kappa shape index (κ3) is 3.34. The molecule has 0 unspecified atom stereocenters. The standard InChI is InChI=1S/C15H16FNS/c1-11-3-2-4-14(7-11)18-10-13-6-5-12(9-17)8-15(13)16/h2-8H,9-10,17H2,1H3. The summed E-state index contributed by atoms with van der Waals surface area (Å²) in [6.07, 6.45) is 0. The molecule has 0 aliphatic rings. The zero-order valence-electron chi connectivity index (χ0n) is 10.3. The molecule has 0 radical (unpaired) electrons. The third-order valence-corrected chi connectivity index (χ3v) is 3.78. The molecule has 1 nitrogen and oxygen atoms in total. The zero-order chi connectivity index (χ0) is 13.0. The van der Waals surface area contributed by atoms with Crippen LogP contribution in [0, 0.1) is 12.7 Å². The number of hydrogen-bond acceptors (Lipinski definition) is 2. The van der Waals surface area contributed by atoms with E-state index in [1.165, 1.54) is 11.6 Å². The highest BCUT2D eigenvalue weighted by Crippen LogP contribution is 2.25. The van der Waals surface area contributed by atoms with Gasteiger partial charge in [-0.05, 0) is 36.2 Å². The quantitative estimate of drug-likeness (QED) is 0.845. The normalized spacial score (nSPS) is 10.6. The average Bonchev–Trinajstić information content (AvgIpc) is 2.37. The first-order valence-electron chi connectivity index (χ1n) is 5.86. The summed E-state index contributed by atoms with van der Waals surface area (Å²) in [7, 11) is 0. The molecule has 0 amide bonds. The number of benzene rings is 2. The summed E-state index contributed by atoms with van der Waals surface area (Å²) in [4.78, 5) is 1.16. The van der Waals surface area contributed by atoms with E-state index >= 15 is 0 Å². The molecule has 0 fully saturated rings. The minimum Gasteiger partial charge on any atom is -0.326 e. The van der Waals surface area contributed by atoms with Crippen LogP contribution in [0.3, 0.4) is 0 Å². The first-order valence-corrected chi connectivity index (χ1v) is 6.84. The van der Waals surface area contributed by atoms with E-state index in [1.807, 2.05) is 24.3 Å². The average molecular weight is 261 g/mol. The smallest absolute Gasteiger partial charge is 0.127 e. The van der Waals surface area contributed by atoms with Crippen LogP contribution in [0.5, 0.6) is 0 Å². The number of aryl methyl sites for hydroxylation is 1. The van der Waals surface area contributed by atoms with Gasteiger partial charge in [0, 0.05) is 17.2 Å². The Labute approximate surface area is 111 Å². The minimum atomic E-state index is -0.168. The fourth-order valence-corrected chi connectivity index (χ4v) is 2.70. The number of thioether (sulfide) groups is 1. The minimum absolute atomic E-state index is 0.168. The fraction of sp³-hybridized carbons (Fsp3) is 0.200. The molecular weight excluding hydrogens is 245 g/mol. The van der Waals surface area contributed by atoms with E-state index < -0.39 is 0 Å². The molecular formula is C15H16FNS. The number of nitrogens with two attached hydrogens (primary N) is 1. The highest BCUT2D eigenvalue weighted by Gasteiger charge is 2.04. The van der Waals surface area contributed by atoms with Crippen molar-refractivity contribution in [3.63, 3.8) is 0 Å². The Bertz CT molecular complexity index is 540.